The van der Waals surface area contributed by atoms with Gasteiger partial charge in [-0.2, -0.15) is 0 Å². The Hall–Kier alpha value is -2.07. The van der Waals surface area contributed by atoms with Gasteiger partial charge < -0.3 is 10.7 Å². The number of amides is 1. The van der Waals surface area contributed by atoms with Gasteiger partial charge in [0.05, 0.1) is 0 Å². The maximum absolute atomic E-state index is 11.7. The van der Waals surface area contributed by atoms with Crippen molar-refractivity contribution in [3.8, 4) is 0 Å². The number of nitrogens with zero attached hydrogens (tertiary/aromatic N) is 1. The molecule has 0 aliphatic heterocycles. The third-order valence-corrected chi connectivity index (χ3v) is 4.24. The largest absolute Gasteiger partial charge is 0.366 e. The van der Waals surface area contributed by atoms with Crippen molar-refractivity contribution < 1.29 is 4.79 Å². The van der Waals surface area contributed by atoms with Crippen molar-refractivity contribution >= 4 is 16.8 Å². The van der Waals surface area contributed by atoms with E-state index in [9.17, 15) is 4.79 Å². The zero-order chi connectivity index (χ0) is 14.3. The van der Waals surface area contributed by atoms with Gasteiger partial charge in [0.1, 0.15) is 0 Å². The number of rotatable bonds is 4. The summed E-state index contributed by atoms with van der Waals surface area (Å²) in [6.07, 6.45) is 5.79. The number of carbonyl (C=O) groups excluding carboxylic acids is 1. The van der Waals surface area contributed by atoms with E-state index in [1.807, 2.05) is 24.4 Å². The summed E-state index contributed by atoms with van der Waals surface area (Å²) in [5.41, 5.74) is 9.61. The summed E-state index contributed by atoms with van der Waals surface area (Å²) in [6.45, 7) is 4.63. The first kappa shape index (κ1) is 12.9. The molecule has 1 atom stereocenters. The van der Waals surface area contributed by atoms with E-state index in [-0.39, 0.29) is 5.91 Å². The molecule has 2 aromatic rings. The molecule has 3 rings (SSSR count). The van der Waals surface area contributed by atoms with Gasteiger partial charge >= 0.3 is 0 Å². The fraction of sp³-hybridized carbons (Fsp3) is 0.312. The third-order valence-electron chi connectivity index (χ3n) is 4.24. The molecule has 1 amide bonds. The van der Waals surface area contributed by atoms with E-state index in [2.05, 4.69) is 23.5 Å². The van der Waals surface area contributed by atoms with Gasteiger partial charge in [-0.15, -0.1) is 6.58 Å². The van der Waals surface area contributed by atoms with Crippen molar-refractivity contribution in [2.75, 3.05) is 13.6 Å². The Morgan fingerprint density at radius 1 is 1.55 bits per heavy atom. The topological polar surface area (TPSA) is 62.1 Å². The molecule has 4 nitrogen and oxygen atoms in total. The SMILES string of the molecule is C=CCN(C)C1Cc2c[nH]c3ccc(C(N)=O)c(c23)C1. The van der Waals surface area contributed by atoms with Crippen LogP contribution in [0, 0.1) is 0 Å². The van der Waals surface area contributed by atoms with E-state index in [1.54, 1.807) is 0 Å². The molecule has 1 aromatic heterocycles. The van der Waals surface area contributed by atoms with Crippen LogP contribution < -0.4 is 5.73 Å². The fourth-order valence-corrected chi connectivity index (χ4v) is 3.20. The second-order valence-corrected chi connectivity index (χ2v) is 5.48. The van der Waals surface area contributed by atoms with Crippen molar-refractivity contribution in [3.63, 3.8) is 0 Å². The number of aromatic nitrogens is 1. The van der Waals surface area contributed by atoms with Gasteiger partial charge in [0, 0.05) is 35.2 Å². The molecule has 0 bridgehead atoms. The molecule has 1 heterocycles. The number of nitrogens with two attached hydrogens (primary N) is 1. The van der Waals surface area contributed by atoms with Gasteiger partial charge in [-0.25, -0.2) is 0 Å². The Kier molecular flexibility index (Phi) is 3.10. The summed E-state index contributed by atoms with van der Waals surface area (Å²) in [5.74, 6) is -0.346. The number of likely N-dealkylation sites (N-methyl/N-ethyl adjacent to an activating group) is 1. The summed E-state index contributed by atoms with van der Waals surface area (Å²) in [7, 11) is 2.09. The molecule has 20 heavy (non-hydrogen) atoms. The highest BCUT2D eigenvalue weighted by Crippen LogP contribution is 2.33. The lowest BCUT2D eigenvalue weighted by atomic mass is 9.85. The average Bonchev–Trinajstić information content (AvgIpc) is 2.83. The summed E-state index contributed by atoms with van der Waals surface area (Å²) in [4.78, 5) is 17.2. The van der Waals surface area contributed by atoms with E-state index < -0.39 is 0 Å². The molecule has 1 aliphatic rings. The minimum Gasteiger partial charge on any atom is -0.366 e. The normalized spacial score (nSPS) is 17.6. The molecule has 0 spiro atoms. The summed E-state index contributed by atoms with van der Waals surface area (Å²) < 4.78 is 0. The highest BCUT2D eigenvalue weighted by Gasteiger charge is 2.27. The monoisotopic (exact) mass is 269 g/mol. The number of carbonyl (C=O) groups is 1. The van der Waals surface area contributed by atoms with E-state index in [0.29, 0.717) is 11.6 Å². The van der Waals surface area contributed by atoms with Crippen LogP contribution in [0.3, 0.4) is 0 Å². The molecule has 1 unspecified atom stereocenters. The van der Waals surface area contributed by atoms with Gasteiger partial charge in [-0.05, 0) is 43.1 Å². The lowest BCUT2D eigenvalue weighted by Gasteiger charge is -2.31. The van der Waals surface area contributed by atoms with Gasteiger partial charge in [-0.3, -0.25) is 9.69 Å². The van der Waals surface area contributed by atoms with Crippen LogP contribution in [0.15, 0.2) is 31.0 Å². The molecular formula is C16H19N3O. The van der Waals surface area contributed by atoms with Crippen molar-refractivity contribution in [2.45, 2.75) is 18.9 Å². The molecule has 0 fully saturated rings. The minimum absolute atomic E-state index is 0.346. The van der Waals surface area contributed by atoms with E-state index >= 15 is 0 Å². The fourth-order valence-electron chi connectivity index (χ4n) is 3.20. The number of benzene rings is 1. The first-order chi connectivity index (χ1) is 9.61. The Labute approximate surface area is 118 Å². The molecule has 4 heteroatoms. The molecule has 0 radical (unpaired) electrons. The number of hydrogen-bond donors (Lipinski definition) is 2. The standard InChI is InChI=1S/C16H19N3O/c1-3-6-19(2)11-7-10-9-18-14-5-4-12(16(17)20)13(8-11)15(10)14/h3-5,9,11,18H,1,6-8H2,2H3,(H2,17,20). The van der Waals surface area contributed by atoms with Crippen LogP contribution in [0.1, 0.15) is 21.5 Å². The zero-order valence-corrected chi connectivity index (χ0v) is 11.6. The smallest absolute Gasteiger partial charge is 0.249 e. The van der Waals surface area contributed by atoms with Gasteiger partial charge in [-0.1, -0.05) is 6.08 Å². The first-order valence-electron chi connectivity index (χ1n) is 6.84. The number of hydrogen-bond acceptors (Lipinski definition) is 2. The minimum atomic E-state index is -0.346. The highest BCUT2D eigenvalue weighted by molar-refractivity contribution is 6.01. The lowest BCUT2D eigenvalue weighted by molar-refractivity contribution is 0.0999. The molecule has 0 saturated carbocycles. The van der Waals surface area contributed by atoms with Gasteiger partial charge in [0.15, 0.2) is 0 Å². The van der Waals surface area contributed by atoms with E-state index in [0.717, 1.165) is 30.5 Å². The quantitative estimate of drug-likeness (QED) is 0.832. The molecule has 1 aromatic carbocycles. The summed E-state index contributed by atoms with van der Waals surface area (Å²) in [5, 5.41) is 1.18. The Morgan fingerprint density at radius 2 is 2.35 bits per heavy atom. The van der Waals surface area contributed by atoms with Crippen molar-refractivity contribution in [1.29, 1.82) is 0 Å². The van der Waals surface area contributed by atoms with Crippen molar-refractivity contribution in [2.24, 2.45) is 5.73 Å². The lowest BCUT2D eigenvalue weighted by Crippen LogP contribution is -2.37. The Bertz CT molecular complexity index is 686. The first-order valence-corrected chi connectivity index (χ1v) is 6.84. The zero-order valence-electron chi connectivity index (χ0n) is 11.6. The number of primary amides is 1. The van der Waals surface area contributed by atoms with Crippen LogP contribution in [0.5, 0.6) is 0 Å². The summed E-state index contributed by atoms with van der Waals surface area (Å²) >= 11 is 0. The molecule has 3 N–H and O–H groups in total. The maximum atomic E-state index is 11.7. The molecule has 1 aliphatic carbocycles. The van der Waals surface area contributed by atoms with Crippen LogP contribution in [0.2, 0.25) is 0 Å². The predicted octanol–water partition coefficient (Wildman–Crippen LogP) is 1.85. The number of aromatic amines is 1. The van der Waals surface area contributed by atoms with Crippen LogP contribution in [-0.4, -0.2) is 35.4 Å². The summed E-state index contributed by atoms with van der Waals surface area (Å²) in [6, 6.07) is 4.15. The number of nitrogens with one attached hydrogen (secondary N) is 1. The van der Waals surface area contributed by atoms with Crippen LogP contribution in [0.25, 0.3) is 10.9 Å². The van der Waals surface area contributed by atoms with E-state index in [4.69, 9.17) is 5.73 Å². The number of H-pyrrole nitrogens is 1. The van der Waals surface area contributed by atoms with Crippen LogP contribution in [-0.2, 0) is 12.8 Å². The van der Waals surface area contributed by atoms with E-state index in [1.165, 1.54) is 10.9 Å². The second kappa shape index (κ2) is 4.80. The van der Waals surface area contributed by atoms with Crippen LogP contribution >= 0.6 is 0 Å². The Morgan fingerprint density at radius 3 is 3.05 bits per heavy atom. The van der Waals surface area contributed by atoms with Gasteiger partial charge in [0.2, 0.25) is 5.91 Å². The van der Waals surface area contributed by atoms with Crippen LogP contribution in [0.4, 0.5) is 0 Å². The predicted molar refractivity (Wildman–Crippen MR) is 80.8 cm³/mol. The molecule has 104 valence electrons. The highest BCUT2D eigenvalue weighted by atomic mass is 16.1. The average molecular weight is 269 g/mol. The third kappa shape index (κ3) is 1.93. The maximum Gasteiger partial charge on any atom is 0.249 e. The Balaban J connectivity index is 2.10. The van der Waals surface area contributed by atoms with Crippen molar-refractivity contribution in [1.82, 2.24) is 9.88 Å². The molecule has 0 saturated heterocycles. The second-order valence-electron chi connectivity index (χ2n) is 5.48. The molecular weight excluding hydrogens is 250 g/mol. The van der Waals surface area contributed by atoms with Crippen molar-refractivity contribution in [3.05, 3.63) is 47.7 Å². The van der Waals surface area contributed by atoms with Gasteiger partial charge in [0.25, 0.3) is 0 Å².